The predicted molar refractivity (Wildman–Crippen MR) is 100 cm³/mol. The Labute approximate surface area is 179 Å². The third-order valence-corrected chi connectivity index (χ3v) is 6.38. The number of likely N-dealkylation sites (N-methyl/N-ethyl adjacent to an activating group) is 1. The van der Waals surface area contributed by atoms with Crippen LogP contribution in [-0.2, 0) is 19.6 Å². The summed E-state index contributed by atoms with van der Waals surface area (Å²) in [5.74, 6) is -3.58. The molecule has 15 heteroatoms. The Kier molecular flexibility index (Phi) is 8.74. The maximum absolute atomic E-state index is 12.5. The average molecular weight is 487 g/mol. The number of rotatable bonds is 8. The third-order valence-electron chi connectivity index (χ3n) is 3.27. The molecular weight excluding hydrogens is 467 g/mol. The van der Waals surface area contributed by atoms with Gasteiger partial charge in [0.1, 0.15) is 10.2 Å². The molecule has 0 saturated heterocycles. The summed E-state index contributed by atoms with van der Waals surface area (Å²) in [7, 11) is 1.80. The van der Waals surface area contributed by atoms with Gasteiger partial charge in [-0.25, -0.2) is 13.1 Å². The number of nitrogens with zero attached hydrogens (tertiary/aromatic N) is 2. The van der Waals surface area contributed by atoms with Crippen molar-refractivity contribution < 1.29 is 50.4 Å². The molecule has 2 aromatic heterocycles. The van der Waals surface area contributed by atoms with Gasteiger partial charge >= 0.3 is 12.1 Å². The predicted octanol–water partition coefficient (Wildman–Crippen LogP) is 0.529. The molecule has 0 aliphatic carbocycles. The highest BCUT2D eigenvalue weighted by Crippen LogP contribution is 2.30. The molecule has 2 N–H and O–H groups in total. The normalized spacial score (nSPS) is 13.2. The zero-order valence-electron chi connectivity index (χ0n) is 16.5. The molecule has 0 unspecified atom stereocenters. The molecule has 0 bridgehead atoms. The fraction of sp³-hybridized carbons (Fsp3) is 0.438. The van der Waals surface area contributed by atoms with Crippen molar-refractivity contribution in [3.05, 3.63) is 24.4 Å². The van der Waals surface area contributed by atoms with E-state index < -0.39 is 34.2 Å². The van der Waals surface area contributed by atoms with Gasteiger partial charge in [-0.1, -0.05) is 5.16 Å². The summed E-state index contributed by atoms with van der Waals surface area (Å²) in [5, 5.41) is 21.4. The van der Waals surface area contributed by atoms with Crippen LogP contribution >= 0.6 is 11.3 Å². The fourth-order valence-electron chi connectivity index (χ4n) is 2.23. The highest BCUT2D eigenvalue weighted by atomic mass is 32.2. The van der Waals surface area contributed by atoms with Crippen LogP contribution in [-0.4, -0.2) is 75.0 Å². The van der Waals surface area contributed by atoms with E-state index in [2.05, 4.69) is 9.88 Å². The molecule has 31 heavy (non-hydrogen) atoms. The van der Waals surface area contributed by atoms with Crippen LogP contribution in [0, 0.1) is 0 Å². The first-order valence-corrected chi connectivity index (χ1v) is 10.6. The molecule has 2 heterocycles. The Morgan fingerprint density at radius 3 is 2.29 bits per heavy atom. The third kappa shape index (κ3) is 9.46. The Morgan fingerprint density at radius 2 is 1.87 bits per heavy atom. The molecule has 0 fully saturated rings. The van der Waals surface area contributed by atoms with Crippen LogP contribution in [0.4, 0.5) is 13.2 Å². The zero-order chi connectivity index (χ0) is 24.0. The van der Waals surface area contributed by atoms with Crippen LogP contribution < -0.4 is 9.83 Å². The number of quaternary nitrogens is 1. The first-order valence-electron chi connectivity index (χ1n) is 8.35. The van der Waals surface area contributed by atoms with Crippen LogP contribution in [0.1, 0.15) is 6.42 Å². The maximum Gasteiger partial charge on any atom is 0.430 e. The van der Waals surface area contributed by atoms with Gasteiger partial charge < -0.3 is 24.0 Å². The number of carboxylic acid groups (broad SMARTS) is 2. The van der Waals surface area contributed by atoms with E-state index in [0.717, 1.165) is 11.3 Å². The Balaban J connectivity index is 0.000000592. The number of halogens is 3. The van der Waals surface area contributed by atoms with Crippen LogP contribution in [0.15, 0.2) is 33.1 Å². The number of carboxylic acids is 2. The van der Waals surface area contributed by atoms with Gasteiger partial charge in [-0.2, -0.15) is 13.2 Å². The minimum atomic E-state index is -5.19. The van der Waals surface area contributed by atoms with Gasteiger partial charge in [0.25, 0.3) is 10.0 Å². The number of sulfonamides is 1. The molecule has 2 aromatic rings. The second-order valence-electron chi connectivity index (χ2n) is 7.17. The van der Waals surface area contributed by atoms with Crippen molar-refractivity contribution in [2.45, 2.75) is 22.8 Å². The summed E-state index contributed by atoms with van der Waals surface area (Å²) in [5.41, 5.74) is 0. The zero-order valence-corrected chi connectivity index (χ0v) is 18.2. The fourth-order valence-corrected chi connectivity index (χ4v) is 4.74. The summed E-state index contributed by atoms with van der Waals surface area (Å²) in [6.45, 7) is 0.353. The lowest BCUT2D eigenvalue weighted by atomic mass is 10.2. The van der Waals surface area contributed by atoms with Crippen molar-refractivity contribution in [2.75, 3.05) is 27.7 Å². The number of aliphatic carboxylic acids is 2. The number of aromatic nitrogens is 1. The second-order valence-corrected chi connectivity index (χ2v) is 10.2. The van der Waals surface area contributed by atoms with Crippen LogP contribution in [0.3, 0.4) is 0 Å². The SMILES string of the molecule is C[N+](C)(C)C[C@@H](CC(=O)O)NS(=O)(=O)c1ccc(-c2ccno2)s1.O=C([O-])C(F)(F)F. The first kappa shape index (κ1) is 26.5. The topological polar surface area (TPSA) is 150 Å². The van der Waals surface area contributed by atoms with Crippen LogP contribution in [0.25, 0.3) is 10.6 Å². The van der Waals surface area contributed by atoms with E-state index >= 15 is 0 Å². The van der Waals surface area contributed by atoms with Gasteiger partial charge in [-0.05, 0) is 12.1 Å². The summed E-state index contributed by atoms with van der Waals surface area (Å²) in [4.78, 5) is 20.4. The summed E-state index contributed by atoms with van der Waals surface area (Å²) >= 11 is 1.04. The van der Waals surface area contributed by atoms with Crippen molar-refractivity contribution in [3.63, 3.8) is 0 Å². The van der Waals surface area contributed by atoms with E-state index in [0.29, 0.717) is 21.7 Å². The maximum atomic E-state index is 12.5. The molecule has 0 radical (unpaired) electrons. The molecular formula is C16H20F3N3O7S2. The second kappa shape index (κ2) is 10.2. The van der Waals surface area contributed by atoms with Gasteiger partial charge in [-0.15, -0.1) is 11.3 Å². The molecule has 0 saturated carbocycles. The number of hydrogen-bond acceptors (Lipinski definition) is 8. The molecule has 0 amide bonds. The number of thiophene rings is 1. The Bertz CT molecular complexity index is 981. The lowest BCUT2D eigenvalue weighted by Crippen LogP contribution is -2.49. The van der Waals surface area contributed by atoms with E-state index in [1.54, 1.807) is 12.1 Å². The van der Waals surface area contributed by atoms with Gasteiger partial charge in [0, 0.05) is 6.07 Å². The summed E-state index contributed by atoms with van der Waals surface area (Å²) in [6, 6.07) is 4.03. The summed E-state index contributed by atoms with van der Waals surface area (Å²) < 4.78 is 64.7. The van der Waals surface area contributed by atoms with E-state index in [1.807, 2.05) is 21.1 Å². The van der Waals surface area contributed by atoms with Crippen LogP contribution in [0.5, 0.6) is 0 Å². The molecule has 10 nitrogen and oxygen atoms in total. The van der Waals surface area contributed by atoms with Crippen LogP contribution in [0.2, 0.25) is 0 Å². The van der Waals surface area contributed by atoms with Crippen molar-refractivity contribution in [2.24, 2.45) is 0 Å². The minimum Gasteiger partial charge on any atom is -0.542 e. The standard InChI is InChI=1S/C14H19N3O5S2.C2HF3O2/c1-17(2,3)9-10(8-13(18)19)16-24(20,21)14-5-4-12(23-14)11-6-7-15-22-11;3-2(4,5)1(6)7/h4-7,10,16H,8-9H2,1-3H3;(H,6,7)/t10-;/m1./s1. The first-order chi connectivity index (χ1) is 14.0. The number of hydrogen-bond donors (Lipinski definition) is 2. The monoisotopic (exact) mass is 487 g/mol. The number of alkyl halides is 3. The van der Waals surface area contributed by atoms with Gasteiger partial charge in [0.15, 0.2) is 5.76 Å². The molecule has 0 aromatic carbocycles. The quantitative estimate of drug-likeness (QED) is 0.512. The van der Waals surface area contributed by atoms with E-state index in [-0.39, 0.29) is 10.6 Å². The minimum absolute atomic E-state index is 0.102. The van der Waals surface area contributed by atoms with Gasteiger partial charge in [0.05, 0.1) is 51.2 Å². The van der Waals surface area contributed by atoms with Gasteiger partial charge in [0.2, 0.25) is 0 Å². The van der Waals surface area contributed by atoms with Crippen molar-refractivity contribution in [1.82, 2.24) is 9.88 Å². The lowest BCUT2D eigenvalue weighted by Gasteiger charge is -2.28. The number of nitrogens with one attached hydrogen (secondary N) is 1. The largest absolute Gasteiger partial charge is 0.542 e. The number of carbonyl (C=O) groups is 2. The molecule has 2 rings (SSSR count). The molecule has 0 aliphatic rings. The highest BCUT2D eigenvalue weighted by Gasteiger charge is 2.29. The van der Waals surface area contributed by atoms with Crippen molar-refractivity contribution in [1.29, 1.82) is 0 Å². The van der Waals surface area contributed by atoms with Crippen molar-refractivity contribution >= 4 is 33.3 Å². The van der Waals surface area contributed by atoms with Gasteiger partial charge in [-0.3, -0.25) is 4.79 Å². The smallest absolute Gasteiger partial charge is 0.430 e. The highest BCUT2D eigenvalue weighted by molar-refractivity contribution is 7.91. The van der Waals surface area contributed by atoms with E-state index in [1.165, 1.54) is 12.3 Å². The van der Waals surface area contributed by atoms with E-state index in [4.69, 9.17) is 19.5 Å². The van der Waals surface area contributed by atoms with Crippen molar-refractivity contribution in [3.8, 4) is 10.6 Å². The lowest BCUT2D eigenvalue weighted by molar-refractivity contribution is -0.871. The van der Waals surface area contributed by atoms with E-state index in [9.17, 15) is 26.4 Å². The Morgan fingerprint density at radius 1 is 1.29 bits per heavy atom. The molecule has 0 spiro atoms. The molecule has 0 aliphatic heterocycles. The average Bonchev–Trinajstić information content (AvgIpc) is 3.23. The number of carbonyl (C=O) groups excluding carboxylic acids is 1. The summed E-state index contributed by atoms with van der Waals surface area (Å²) in [6.07, 6.45) is -4.00. The molecule has 1 atom stereocenters. The Hall–Kier alpha value is -2.49. The molecule has 174 valence electrons.